The minimum atomic E-state index is 0.864. The molecule has 0 aromatic heterocycles. The molecule has 0 atom stereocenters. The molecule has 20 heavy (non-hydrogen) atoms. The van der Waals surface area contributed by atoms with Gasteiger partial charge in [0, 0.05) is 0 Å². The molecule has 0 fully saturated rings. The average molecular weight is 285 g/mol. The Bertz CT molecular complexity index is 161. The van der Waals surface area contributed by atoms with Crippen LogP contribution in [0.1, 0.15) is 90.9 Å². The van der Waals surface area contributed by atoms with E-state index in [1.165, 1.54) is 96.7 Å². The van der Waals surface area contributed by atoms with Gasteiger partial charge in [0.05, 0.1) is 0 Å². The normalized spacial score (nSPS) is 11.4. The van der Waals surface area contributed by atoms with Gasteiger partial charge in [-0.3, -0.25) is 0 Å². The van der Waals surface area contributed by atoms with Gasteiger partial charge >= 0.3 is 0 Å². The molecule has 0 radical (unpaired) electrons. The van der Waals surface area contributed by atoms with Gasteiger partial charge in [-0.25, -0.2) is 0 Å². The van der Waals surface area contributed by atoms with Crippen LogP contribution in [0.25, 0.3) is 0 Å². The molecule has 2 heteroatoms. The second-order valence-corrected chi connectivity index (χ2v) is 6.17. The summed E-state index contributed by atoms with van der Waals surface area (Å²) in [5, 5.41) is 0. The zero-order chi connectivity index (χ0) is 14.9. The maximum absolute atomic E-state index is 5.52. The number of hydrogen-bond donors (Lipinski definition) is 1. The molecular weight excluding hydrogens is 244 g/mol. The Morgan fingerprint density at radius 2 is 0.950 bits per heavy atom. The van der Waals surface area contributed by atoms with Gasteiger partial charge in [-0.15, -0.1) is 0 Å². The van der Waals surface area contributed by atoms with Gasteiger partial charge in [0.25, 0.3) is 0 Å². The molecule has 0 heterocycles. The molecule has 0 spiro atoms. The molecule has 0 saturated heterocycles. The molecule has 0 rings (SSSR count). The van der Waals surface area contributed by atoms with Crippen molar-refractivity contribution in [3.63, 3.8) is 0 Å². The highest BCUT2D eigenvalue weighted by atomic mass is 15.1. The Balaban J connectivity index is 3.56. The van der Waals surface area contributed by atoms with Crippen molar-refractivity contribution < 1.29 is 0 Å². The van der Waals surface area contributed by atoms with Gasteiger partial charge in [-0.1, -0.05) is 65.2 Å². The first-order valence-corrected chi connectivity index (χ1v) is 9.27. The maximum Gasteiger partial charge on any atom is -0.00187 e. The van der Waals surface area contributed by atoms with Crippen molar-refractivity contribution in [1.29, 1.82) is 0 Å². The van der Waals surface area contributed by atoms with Gasteiger partial charge in [-0.05, 0) is 51.9 Å². The summed E-state index contributed by atoms with van der Waals surface area (Å²) in [6, 6.07) is 0. The molecule has 0 aromatic carbocycles. The highest BCUT2D eigenvalue weighted by Gasteiger charge is 2.04. The Morgan fingerprint density at radius 1 is 0.550 bits per heavy atom. The monoisotopic (exact) mass is 284 g/mol. The van der Waals surface area contributed by atoms with Crippen LogP contribution in [0.4, 0.5) is 0 Å². The second kappa shape index (κ2) is 17.0. The van der Waals surface area contributed by atoms with Crippen LogP contribution in [0, 0.1) is 0 Å². The molecule has 122 valence electrons. The minimum absolute atomic E-state index is 0.864. The molecular formula is C18H40N2. The lowest BCUT2D eigenvalue weighted by atomic mass is 10.1. The van der Waals surface area contributed by atoms with E-state index >= 15 is 0 Å². The van der Waals surface area contributed by atoms with Gasteiger partial charge in [0.2, 0.25) is 0 Å². The fourth-order valence-corrected chi connectivity index (χ4v) is 2.69. The van der Waals surface area contributed by atoms with E-state index in [9.17, 15) is 0 Å². The number of rotatable bonds is 16. The molecule has 0 aliphatic carbocycles. The Labute approximate surface area is 128 Å². The fraction of sp³-hybridized carbons (Fsp3) is 1.00. The number of nitrogens with zero attached hydrogens (tertiary/aromatic N) is 1. The van der Waals surface area contributed by atoms with E-state index in [0.717, 1.165) is 6.54 Å². The van der Waals surface area contributed by atoms with E-state index in [1.54, 1.807) is 0 Å². The van der Waals surface area contributed by atoms with Gasteiger partial charge < -0.3 is 10.6 Å². The number of unbranched alkanes of at least 4 members (excludes halogenated alkanes) is 9. The number of hydrogen-bond acceptors (Lipinski definition) is 2. The molecule has 0 aliphatic heterocycles. The van der Waals surface area contributed by atoms with E-state index < -0.39 is 0 Å². The van der Waals surface area contributed by atoms with E-state index in [-0.39, 0.29) is 0 Å². The van der Waals surface area contributed by atoms with Crippen LogP contribution in [0.2, 0.25) is 0 Å². The summed E-state index contributed by atoms with van der Waals surface area (Å²) in [6.45, 7) is 9.42. The lowest BCUT2D eigenvalue weighted by molar-refractivity contribution is 0.255. The summed E-state index contributed by atoms with van der Waals surface area (Å²) in [6.07, 6.45) is 16.3. The predicted molar refractivity (Wildman–Crippen MR) is 92.2 cm³/mol. The van der Waals surface area contributed by atoms with Gasteiger partial charge in [-0.2, -0.15) is 0 Å². The topological polar surface area (TPSA) is 29.3 Å². The molecule has 2 nitrogen and oxygen atoms in total. The van der Waals surface area contributed by atoms with Crippen molar-refractivity contribution in [2.75, 3.05) is 26.2 Å². The van der Waals surface area contributed by atoms with E-state index in [2.05, 4.69) is 18.7 Å². The largest absolute Gasteiger partial charge is 0.330 e. The zero-order valence-electron chi connectivity index (χ0n) is 14.3. The average Bonchev–Trinajstić information content (AvgIpc) is 2.46. The lowest BCUT2D eigenvalue weighted by Gasteiger charge is -2.22. The standard InChI is InChI=1S/C18H40N2/c1-3-5-12-16-20(17-13-6-4-2)18-14-10-8-7-9-11-15-19/h3-19H2,1-2H3. The summed E-state index contributed by atoms with van der Waals surface area (Å²) in [5.41, 5.74) is 5.52. The fourth-order valence-electron chi connectivity index (χ4n) is 2.69. The molecule has 0 unspecified atom stereocenters. The molecule has 0 aromatic rings. The maximum atomic E-state index is 5.52. The third-order valence-corrected chi connectivity index (χ3v) is 4.08. The van der Waals surface area contributed by atoms with E-state index in [4.69, 9.17) is 5.73 Å². The van der Waals surface area contributed by atoms with E-state index in [0.29, 0.717) is 0 Å². The van der Waals surface area contributed by atoms with Crippen molar-refractivity contribution >= 4 is 0 Å². The molecule has 2 N–H and O–H groups in total. The number of nitrogens with two attached hydrogens (primary N) is 1. The Hall–Kier alpha value is -0.0800. The summed E-state index contributed by atoms with van der Waals surface area (Å²) in [5.74, 6) is 0. The van der Waals surface area contributed by atoms with Crippen molar-refractivity contribution in [3.05, 3.63) is 0 Å². The zero-order valence-corrected chi connectivity index (χ0v) is 14.3. The first-order valence-electron chi connectivity index (χ1n) is 9.27. The van der Waals surface area contributed by atoms with Crippen molar-refractivity contribution in [2.45, 2.75) is 90.9 Å². The summed E-state index contributed by atoms with van der Waals surface area (Å²) < 4.78 is 0. The van der Waals surface area contributed by atoms with Crippen LogP contribution in [0.5, 0.6) is 0 Å². The van der Waals surface area contributed by atoms with Crippen LogP contribution >= 0.6 is 0 Å². The SMILES string of the molecule is CCCCCN(CCCCC)CCCCCCCCN. The summed E-state index contributed by atoms with van der Waals surface area (Å²) in [7, 11) is 0. The van der Waals surface area contributed by atoms with Gasteiger partial charge in [0.1, 0.15) is 0 Å². The van der Waals surface area contributed by atoms with Crippen molar-refractivity contribution in [2.24, 2.45) is 5.73 Å². The Morgan fingerprint density at radius 3 is 1.40 bits per heavy atom. The summed E-state index contributed by atoms with van der Waals surface area (Å²) >= 11 is 0. The first kappa shape index (κ1) is 19.9. The highest BCUT2D eigenvalue weighted by molar-refractivity contribution is 4.59. The third kappa shape index (κ3) is 14.3. The van der Waals surface area contributed by atoms with Crippen molar-refractivity contribution in [1.82, 2.24) is 4.90 Å². The van der Waals surface area contributed by atoms with Crippen LogP contribution in [-0.2, 0) is 0 Å². The second-order valence-electron chi connectivity index (χ2n) is 6.17. The van der Waals surface area contributed by atoms with E-state index in [1.807, 2.05) is 0 Å². The Kier molecular flexibility index (Phi) is 16.9. The van der Waals surface area contributed by atoms with Crippen LogP contribution in [0.3, 0.4) is 0 Å². The lowest BCUT2D eigenvalue weighted by Crippen LogP contribution is -2.27. The first-order chi connectivity index (χ1) is 9.85. The van der Waals surface area contributed by atoms with Gasteiger partial charge in [0.15, 0.2) is 0 Å². The minimum Gasteiger partial charge on any atom is -0.330 e. The molecule has 0 amide bonds. The quantitative estimate of drug-likeness (QED) is 0.406. The molecule has 0 aliphatic rings. The van der Waals surface area contributed by atoms with Crippen LogP contribution < -0.4 is 5.73 Å². The third-order valence-electron chi connectivity index (χ3n) is 4.08. The van der Waals surface area contributed by atoms with Crippen molar-refractivity contribution in [3.8, 4) is 0 Å². The summed E-state index contributed by atoms with van der Waals surface area (Å²) in [4.78, 5) is 2.71. The molecule has 0 saturated carbocycles. The predicted octanol–water partition coefficient (Wildman–Crippen LogP) is 4.97. The highest BCUT2D eigenvalue weighted by Crippen LogP contribution is 2.08. The molecule has 0 bridgehead atoms. The van der Waals surface area contributed by atoms with Crippen LogP contribution in [-0.4, -0.2) is 31.1 Å². The smallest absolute Gasteiger partial charge is 0.00187 e. The van der Waals surface area contributed by atoms with Crippen LogP contribution in [0.15, 0.2) is 0 Å².